The number of hydrogen-bond acceptors (Lipinski definition) is 4. The molecular formula is C10H14N2O2. The first-order valence-corrected chi connectivity index (χ1v) is 4.32. The van der Waals surface area contributed by atoms with Crippen molar-refractivity contribution in [1.82, 2.24) is 4.98 Å². The Kier molecular flexibility index (Phi) is 3.19. The summed E-state index contributed by atoms with van der Waals surface area (Å²) in [6.45, 7) is 1.65. The third kappa shape index (κ3) is 2.53. The van der Waals surface area contributed by atoms with Crippen molar-refractivity contribution in [1.29, 1.82) is 0 Å². The Labute approximate surface area is 83.1 Å². The molecule has 4 nitrogen and oxygen atoms in total. The highest BCUT2D eigenvalue weighted by atomic mass is 16.5. The van der Waals surface area contributed by atoms with Gasteiger partial charge in [0.15, 0.2) is 0 Å². The number of carbonyl (C=O) groups is 1. The Morgan fingerprint density at radius 2 is 2.14 bits per heavy atom. The van der Waals surface area contributed by atoms with Crippen molar-refractivity contribution in [2.24, 2.45) is 5.73 Å². The molecular weight excluding hydrogens is 180 g/mol. The summed E-state index contributed by atoms with van der Waals surface area (Å²) in [5.74, 6) is -0.408. The molecule has 0 saturated heterocycles. The van der Waals surface area contributed by atoms with Gasteiger partial charge in [0.1, 0.15) is 5.54 Å². The molecule has 0 aliphatic carbocycles. The fourth-order valence-corrected chi connectivity index (χ4v) is 1.23. The average molecular weight is 194 g/mol. The summed E-state index contributed by atoms with van der Waals surface area (Å²) in [6.07, 6.45) is 3.79. The van der Waals surface area contributed by atoms with Crippen molar-refractivity contribution in [3.05, 3.63) is 30.1 Å². The first kappa shape index (κ1) is 10.7. The standard InChI is InChI=1S/C10H14N2O2/c1-10(11,9(13)14-2)7-8-3-5-12-6-4-8/h3-6H,7,11H2,1-2H3. The van der Waals surface area contributed by atoms with Gasteiger partial charge in [-0.3, -0.25) is 9.78 Å². The number of pyridine rings is 1. The number of esters is 1. The van der Waals surface area contributed by atoms with E-state index in [0.29, 0.717) is 6.42 Å². The van der Waals surface area contributed by atoms with Crippen LogP contribution in [-0.2, 0) is 16.0 Å². The molecule has 1 atom stereocenters. The Hall–Kier alpha value is -1.42. The fraction of sp³-hybridized carbons (Fsp3) is 0.400. The molecule has 0 aliphatic rings. The molecule has 0 aliphatic heterocycles. The summed E-state index contributed by atoms with van der Waals surface area (Å²) in [6, 6.07) is 3.65. The monoisotopic (exact) mass is 194 g/mol. The Bertz CT molecular complexity index is 309. The van der Waals surface area contributed by atoms with Crippen LogP contribution in [0, 0.1) is 0 Å². The number of ether oxygens (including phenoxy) is 1. The second kappa shape index (κ2) is 4.19. The van der Waals surface area contributed by atoms with Crippen LogP contribution >= 0.6 is 0 Å². The van der Waals surface area contributed by atoms with Gasteiger partial charge < -0.3 is 10.5 Å². The summed E-state index contributed by atoms with van der Waals surface area (Å²) in [5, 5.41) is 0. The van der Waals surface area contributed by atoms with Crippen LogP contribution in [0.4, 0.5) is 0 Å². The van der Waals surface area contributed by atoms with E-state index in [1.165, 1.54) is 7.11 Å². The van der Waals surface area contributed by atoms with Crippen LogP contribution in [0.5, 0.6) is 0 Å². The number of nitrogens with two attached hydrogens (primary N) is 1. The molecule has 1 aromatic heterocycles. The average Bonchev–Trinajstić information content (AvgIpc) is 2.17. The first-order chi connectivity index (χ1) is 6.56. The lowest BCUT2D eigenvalue weighted by Crippen LogP contribution is -2.47. The normalized spacial score (nSPS) is 14.5. The number of carbonyl (C=O) groups excluding carboxylic acids is 1. The quantitative estimate of drug-likeness (QED) is 0.712. The molecule has 4 heteroatoms. The maximum Gasteiger partial charge on any atom is 0.325 e. The zero-order chi connectivity index (χ0) is 10.6. The van der Waals surface area contributed by atoms with Crippen molar-refractivity contribution >= 4 is 5.97 Å². The molecule has 0 radical (unpaired) electrons. The van der Waals surface area contributed by atoms with E-state index in [9.17, 15) is 4.79 Å². The van der Waals surface area contributed by atoms with Gasteiger partial charge in [0.25, 0.3) is 0 Å². The summed E-state index contributed by atoms with van der Waals surface area (Å²) in [7, 11) is 1.33. The minimum atomic E-state index is -0.976. The SMILES string of the molecule is COC(=O)C(C)(N)Cc1ccncc1. The number of hydrogen-bond donors (Lipinski definition) is 1. The van der Waals surface area contributed by atoms with Crippen molar-refractivity contribution in [2.45, 2.75) is 18.9 Å². The Morgan fingerprint density at radius 1 is 1.57 bits per heavy atom. The summed E-state index contributed by atoms with van der Waals surface area (Å²) < 4.78 is 4.61. The van der Waals surface area contributed by atoms with Gasteiger partial charge >= 0.3 is 5.97 Å². The second-order valence-corrected chi connectivity index (χ2v) is 3.44. The molecule has 14 heavy (non-hydrogen) atoms. The third-order valence-corrected chi connectivity index (χ3v) is 1.97. The lowest BCUT2D eigenvalue weighted by atomic mass is 9.95. The Balaban J connectivity index is 2.73. The third-order valence-electron chi connectivity index (χ3n) is 1.97. The number of rotatable bonds is 3. The number of nitrogens with zero attached hydrogens (tertiary/aromatic N) is 1. The van der Waals surface area contributed by atoms with E-state index in [1.54, 1.807) is 19.3 Å². The molecule has 2 N–H and O–H groups in total. The van der Waals surface area contributed by atoms with Crippen molar-refractivity contribution in [3.63, 3.8) is 0 Å². The van der Waals surface area contributed by atoms with Crippen LogP contribution in [0.15, 0.2) is 24.5 Å². The van der Waals surface area contributed by atoms with Crippen molar-refractivity contribution < 1.29 is 9.53 Å². The van der Waals surface area contributed by atoms with Crippen LogP contribution in [0.2, 0.25) is 0 Å². The van der Waals surface area contributed by atoms with Gasteiger partial charge in [-0.2, -0.15) is 0 Å². The van der Waals surface area contributed by atoms with E-state index in [1.807, 2.05) is 12.1 Å². The van der Waals surface area contributed by atoms with Gasteiger partial charge in [-0.05, 0) is 24.6 Å². The molecule has 0 aromatic carbocycles. The minimum Gasteiger partial charge on any atom is -0.468 e. The molecule has 0 saturated carbocycles. The fourth-order valence-electron chi connectivity index (χ4n) is 1.23. The zero-order valence-corrected chi connectivity index (χ0v) is 8.36. The van der Waals surface area contributed by atoms with Gasteiger partial charge in [0.05, 0.1) is 7.11 Å². The molecule has 1 unspecified atom stereocenters. The van der Waals surface area contributed by atoms with E-state index in [4.69, 9.17) is 5.73 Å². The van der Waals surface area contributed by atoms with Crippen LogP contribution in [0.3, 0.4) is 0 Å². The molecule has 76 valence electrons. The maximum atomic E-state index is 11.3. The minimum absolute atomic E-state index is 0.408. The summed E-state index contributed by atoms with van der Waals surface area (Å²) in [5.41, 5.74) is 5.80. The Morgan fingerprint density at radius 3 is 2.64 bits per heavy atom. The first-order valence-electron chi connectivity index (χ1n) is 4.32. The van der Waals surface area contributed by atoms with Gasteiger partial charge in [-0.25, -0.2) is 0 Å². The topological polar surface area (TPSA) is 65.2 Å². The molecule has 0 amide bonds. The predicted octanol–water partition coefficient (Wildman–Crippen LogP) is 0.514. The number of methoxy groups -OCH3 is 1. The van der Waals surface area contributed by atoms with Crippen molar-refractivity contribution in [3.8, 4) is 0 Å². The van der Waals surface area contributed by atoms with Gasteiger partial charge in [-0.1, -0.05) is 0 Å². The molecule has 1 heterocycles. The van der Waals surface area contributed by atoms with Gasteiger partial charge in [0.2, 0.25) is 0 Å². The largest absolute Gasteiger partial charge is 0.468 e. The summed E-state index contributed by atoms with van der Waals surface area (Å²) >= 11 is 0. The second-order valence-electron chi connectivity index (χ2n) is 3.44. The molecule has 0 fully saturated rings. The predicted molar refractivity (Wildman–Crippen MR) is 52.5 cm³/mol. The van der Waals surface area contributed by atoms with E-state index in [0.717, 1.165) is 5.56 Å². The lowest BCUT2D eigenvalue weighted by Gasteiger charge is -2.21. The molecule has 0 bridgehead atoms. The highest BCUT2D eigenvalue weighted by molar-refractivity contribution is 5.80. The van der Waals surface area contributed by atoms with Crippen molar-refractivity contribution in [2.75, 3.05) is 7.11 Å². The van der Waals surface area contributed by atoms with E-state index < -0.39 is 11.5 Å². The smallest absolute Gasteiger partial charge is 0.325 e. The van der Waals surface area contributed by atoms with Crippen LogP contribution in [0.25, 0.3) is 0 Å². The lowest BCUT2D eigenvalue weighted by molar-refractivity contribution is -0.146. The zero-order valence-electron chi connectivity index (χ0n) is 8.36. The highest BCUT2D eigenvalue weighted by Crippen LogP contribution is 2.11. The van der Waals surface area contributed by atoms with Gasteiger partial charge in [-0.15, -0.1) is 0 Å². The van der Waals surface area contributed by atoms with Crippen LogP contribution < -0.4 is 5.73 Å². The van der Waals surface area contributed by atoms with E-state index >= 15 is 0 Å². The van der Waals surface area contributed by atoms with E-state index in [-0.39, 0.29) is 0 Å². The molecule has 1 aromatic rings. The van der Waals surface area contributed by atoms with Gasteiger partial charge in [0, 0.05) is 18.8 Å². The highest BCUT2D eigenvalue weighted by Gasteiger charge is 2.29. The summed E-state index contributed by atoms with van der Waals surface area (Å²) in [4.78, 5) is 15.2. The number of aromatic nitrogens is 1. The van der Waals surface area contributed by atoms with Crippen LogP contribution in [-0.4, -0.2) is 23.6 Å². The molecule has 0 spiro atoms. The molecule has 1 rings (SSSR count). The van der Waals surface area contributed by atoms with E-state index in [2.05, 4.69) is 9.72 Å². The van der Waals surface area contributed by atoms with Crippen LogP contribution in [0.1, 0.15) is 12.5 Å². The maximum absolute atomic E-state index is 11.3.